The number of amides is 1. The summed E-state index contributed by atoms with van der Waals surface area (Å²) < 4.78 is 21.8. The van der Waals surface area contributed by atoms with E-state index in [1.54, 1.807) is 25.4 Å². The first-order chi connectivity index (χ1) is 16.6. The van der Waals surface area contributed by atoms with E-state index in [1.165, 1.54) is 10.7 Å². The fourth-order valence-electron chi connectivity index (χ4n) is 4.97. The number of rotatable bonds is 7. The predicted molar refractivity (Wildman–Crippen MR) is 123 cm³/mol. The normalized spacial score (nSPS) is 21.7. The van der Waals surface area contributed by atoms with Crippen molar-refractivity contribution in [3.63, 3.8) is 0 Å². The molecule has 2 heterocycles. The predicted octanol–water partition coefficient (Wildman–Crippen LogP) is 2.77. The molecule has 1 amide bonds. The van der Waals surface area contributed by atoms with Crippen molar-refractivity contribution in [1.29, 1.82) is 5.26 Å². The van der Waals surface area contributed by atoms with Gasteiger partial charge in [0.15, 0.2) is 0 Å². The number of hydrogen-bond donors (Lipinski definition) is 2. The van der Waals surface area contributed by atoms with E-state index in [0.717, 1.165) is 24.8 Å². The van der Waals surface area contributed by atoms with E-state index in [-0.39, 0.29) is 18.4 Å². The van der Waals surface area contributed by atoms with E-state index in [1.807, 2.05) is 24.3 Å². The van der Waals surface area contributed by atoms with E-state index in [9.17, 15) is 14.4 Å². The summed E-state index contributed by atoms with van der Waals surface area (Å²) in [5, 5.41) is 24.0. The van der Waals surface area contributed by atoms with Gasteiger partial charge in [0.2, 0.25) is 5.91 Å². The number of para-hydroxylation sites is 1. The lowest BCUT2D eigenvalue weighted by Crippen LogP contribution is -2.50. The number of benzene rings is 2. The van der Waals surface area contributed by atoms with Crippen molar-refractivity contribution in [3.05, 3.63) is 60.0 Å². The maximum Gasteiger partial charge on any atom is 0.238 e. The minimum Gasteiger partial charge on any atom is -0.496 e. The Morgan fingerprint density at radius 2 is 2.21 bits per heavy atom. The minimum absolute atomic E-state index is 0.0823. The van der Waals surface area contributed by atoms with Crippen molar-refractivity contribution in [1.82, 2.24) is 25.6 Å². The number of carbonyl (C=O) groups excluding carboxylic acids is 1. The van der Waals surface area contributed by atoms with E-state index >= 15 is 0 Å². The molecule has 0 radical (unpaired) electrons. The first-order valence-electron chi connectivity index (χ1n) is 11.4. The Morgan fingerprint density at radius 3 is 2.91 bits per heavy atom. The standard InChI is InChI=1S/C25H25FN6O2/c1-34-23-5-3-2-4-20(23)22-14-32(31-30-22)19-9-7-15(21(26)12-19)10-18(13-27)29-25(33)24-16-6-8-17(11-16)28-24/h2-5,7,9,12,14,16-18,24,28H,6,8,10-11H2,1H3,(H,29,33)/t16-,17+,18-,24-/m0/s1. The van der Waals surface area contributed by atoms with Crippen LogP contribution in [0.1, 0.15) is 24.8 Å². The van der Waals surface area contributed by atoms with Crippen LogP contribution in [-0.4, -0.2) is 46.1 Å². The molecule has 3 aromatic rings. The Kier molecular flexibility index (Phi) is 5.99. The average Bonchev–Trinajstić information content (AvgIpc) is 3.62. The molecule has 2 aliphatic rings. The zero-order valence-electron chi connectivity index (χ0n) is 18.7. The summed E-state index contributed by atoms with van der Waals surface area (Å²) >= 11 is 0. The Balaban J connectivity index is 1.28. The molecular formula is C25H25FN6O2. The zero-order valence-corrected chi connectivity index (χ0v) is 18.7. The number of piperidine rings is 1. The molecule has 5 rings (SSSR count). The molecule has 9 heteroatoms. The van der Waals surface area contributed by atoms with Crippen molar-refractivity contribution in [3.8, 4) is 28.8 Å². The lowest BCUT2D eigenvalue weighted by Gasteiger charge is -2.23. The Hall–Kier alpha value is -3.77. The Morgan fingerprint density at radius 1 is 1.35 bits per heavy atom. The molecule has 2 fully saturated rings. The van der Waals surface area contributed by atoms with Crippen molar-refractivity contribution >= 4 is 5.91 Å². The maximum absolute atomic E-state index is 14.9. The summed E-state index contributed by atoms with van der Waals surface area (Å²) in [7, 11) is 1.59. The molecular weight excluding hydrogens is 435 g/mol. The summed E-state index contributed by atoms with van der Waals surface area (Å²) in [6.07, 6.45) is 4.92. The SMILES string of the molecule is COc1ccccc1-c1cn(-c2ccc(C[C@@H](C#N)NC(=O)[C@H]3N[C@@H]4CC[C@H]3C4)c(F)c2)nn1. The van der Waals surface area contributed by atoms with Gasteiger partial charge in [-0.3, -0.25) is 4.79 Å². The van der Waals surface area contributed by atoms with Crippen LogP contribution in [0.4, 0.5) is 4.39 Å². The molecule has 1 saturated carbocycles. The van der Waals surface area contributed by atoms with Crippen molar-refractivity contribution in [2.45, 2.75) is 43.8 Å². The highest BCUT2D eigenvalue weighted by Gasteiger charge is 2.43. The molecule has 174 valence electrons. The number of nitriles is 1. The van der Waals surface area contributed by atoms with E-state index in [0.29, 0.717) is 34.7 Å². The fourth-order valence-corrected chi connectivity index (χ4v) is 4.97. The van der Waals surface area contributed by atoms with E-state index in [2.05, 4.69) is 27.0 Å². The van der Waals surface area contributed by atoms with Crippen molar-refractivity contribution < 1.29 is 13.9 Å². The number of methoxy groups -OCH3 is 1. The van der Waals surface area contributed by atoms with Crippen molar-refractivity contribution in [2.24, 2.45) is 5.92 Å². The van der Waals surface area contributed by atoms with Gasteiger partial charge in [-0.05, 0) is 55.0 Å². The van der Waals surface area contributed by atoms with Crippen LogP contribution >= 0.6 is 0 Å². The third-order valence-corrected chi connectivity index (χ3v) is 6.72. The van der Waals surface area contributed by atoms with Gasteiger partial charge in [-0.15, -0.1) is 5.10 Å². The van der Waals surface area contributed by atoms with Gasteiger partial charge in [0.1, 0.15) is 23.3 Å². The third kappa shape index (κ3) is 4.24. The number of fused-ring (bicyclic) bond motifs is 2. The molecule has 34 heavy (non-hydrogen) atoms. The highest BCUT2D eigenvalue weighted by molar-refractivity contribution is 5.83. The second-order valence-electron chi connectivity index (χ2n) is 8.83. The Labute approximate surface area is 196 Å². The number of ether oxygens (including phenoxy) is 1. The number of nitrogens with one attached hydrogen (secondary N) is 2. The number of aromatic nitrogens is 3. The summed E-state index contributed by atoms with van der Waals surface area (Å²) in [5.74, 6) is 0.340. The van der Waals surface area contributed by atoms with Crippen LogP contribution in [0.2, 0.25) is 0 Å². The van der Waals surface area contributed by atoms with Gasteiger partial charge in [0.25, 0.3) is 0 Å². The van der Waals surface area contributed by atoms with Crippen molar-refractivity contribution in [2.75, 3.05) is 7.11 Å². The van der Waals surface area contributed by atoms with Gasteiger partial charge >= 0.3 is 0 Å². The van der Waals surface area contributed by atoms with Gasteiger partial charge in [0.05, 0.1) is 31.1 Å². The van der Waals surface area contributed by atoms with Crippen LogP contribution in [-0.2, 0) is 11.2 Å². The monoisotopic (exact) mass is 460 g/mol. The van der Waals surface area contributed by atoms with Gasteiger partial charge in [0, 0.05) is 18.0 Å². The van der Waals surface area contributed by atoms with Crippen LogP contribution in [0.15, 0.2) is 48.7 Å². The summed E-state index contributed by atoms with van der Waals surface area (Å²) in [4.78, 5) is 12.6. The average molecular weight is 461 g/mol. The Bertz CT molecular complexity index is 1250. The molecule has 1 saturated heterocycles. The zero-order chi connectivity index (χ0) is 23.7. The second kappa shape index (κ2) is 9.23. The first-order valence-corrected chi connectivity index (χ1v) is 11.4. The molecule has 1 aliphatic carbocycles. The molecule has 4 atom stereocenters. The number of nitrogens with zero attached hydrogens (tertiary/aromatic N) is 4. The maximum atomic E-state index is 14.9. The number of hydrogen-bond acceptors (Lipinski definition) is 6. The molecule has 2 bridgehead atoms. The van der Waals surface area contributed by atoms with Crippen LogP contribution in [0.25, 0.3) is 16.9 Å². The molecule has 0 spiro atoms. The van der Waals surface area contributed by atoms with Crippen LogP contribution in [0.5, 0.6) is 5.75 Å². The second-order valence-corrected chi connectivity index (χ2v) is 8.83. The quantitative estimate of drug-likeness (QED) is 0.562. The third-order valence-electron chi connectivity index (χ3n) is 6.72. The highest BCUT2D eigenvalue weighted by atomic mass is 19.1. The van der Waals surface area contributed by atoms with E-state index < -0.39 is 11.9 Å². The molecule has 8 nitrogen and oxygen atoms in total. The molecule has 0 unspecified atom stereocenters. The van der Waals surface area contributed by atoms with E-state index in [4.69, 9.17) is 4.74 Å². The lowest BCUT2D eigenvalue weighted by atomic mass is 9.98. The minimum atomic E-state index is -0.808. The lowest BCUT2D eigenvalue weighted by molar-refractivity contribution is -0.124. The largest absolute Gasteiger partial charge is 0.496 e. The summed E-state index contributed by atoms with van der Waals surface area (Å²) in [6, 6.07) is 13.6. The van der Waals surface area contributed by atoms with Crippen LogP contribution < -0.4 is 15.4 Å². The summed E-state index contributed by atoms with van der Waals surface area (Å²) in [6.45, 7) is 0. The topological polar surface area (TPSA) is 105 Å². The van der Waals surface area contributed by atoms with Gasteiger partial charge in [-0.2, -0.15) is 5.26 Å². The van der Waals surface area contributed by atoms with Crippen LogP contribution in [0, 0.1) is 23.1 Å². The molecule has 2 N–H and O–H groups in total. The molecule has 1 aliphatic heterocycles. The smallest absolute Gasteiger partial charge is 0.238 e. The highest BCUT2D eigenvalue weighted by Crippen LogP contribution is 2.35. The van der Waals surface area contributed by atoms with Gasteiger partial charge < -0.3 is 15.4 Å². The summed E-state index contributed by atoms with van der Waals surface area (Å²) in [5.41, 5.74) is 2.23. The van der Waals surface area contributed by atoms with Gasteiger partial charge in [-0.25, -0.2) is 9.07 Å². The van der Waals surface area contributed by atoms with Gasteiger partial charge in [-0.1, -0.05) is 23.4 Å². The van der Waals surface area contributed by atoms with Crippen LogP contribution in [0.3, 0.4) is 0 Å². The molecule has 2 aromatic carbocycles. The first kappa shape index (κ1) is 22.0. The number of halogens is 1. The number of carbonyl (C=O) groups is 1. The molecule has 1 aromatic heterocycles. The fraction of sp³-hybridized carbons (Fsp3) is 0.360.